The average Bonchev–Trinajstić information content (AvgIpc) is 2.76. The van der Waals surface area contributed by atoms with Gasteiger partial charge in [0.15, 0.2) is 0 Å². The van der Waals surface area contributed by atoms with Crippen molar-refractivity contribution >= 4 is 17.4 Å². The van der Waals surface area contributed by atoms with Gasteiger partial charge in [0.25, 0.3) is 0 Å². The Morgan fingerprint density at radius 3 is 3.00 bits per heavy atom. The Balaban J connectivity index is 2.21. The lowest BCUT2D eigenvalue weighted by Crippen LogP contribution is -2.06. The molecule has 6 heteroatoms. The number of nitrogens with one attached hydrogen (secondary N) is 1. The Kier molecular flexibility index (Phi) is 3.36. The molecule has 2 aromatic heterocycles. The zero-order chi connectivity index (χ0) is 11.4. The number of hydrogen-bond acceptors (Lipinski definition) is 4. The topological polar surface area (TPSA) is 55.6 Å². The first-order valence-electron chi connectivity index (χ1n) is 5.01. The van der Waals surface area contributed by atoms with Gasteiger partial charge in [-0.05, 0) is 19.1 Å². The minimum Gasteiger partial charge on any atom is -0.370 e. The van der Waals surface area contributed by atoms with Crippen LogP contribution in [0.4, 0.5) is 5.82 Å². The molecule has 84 valence electrons. The van der Waals surface area contributed by atoms with Gasteiger partial charge in [0.1, 0.15) is 18.5 Å². The Hall–Kier alpha value is -1.62. The SMILES string of the molecule is CCNc1ccc(Cl)c(Cn2cncn2)n1. The van der Waals surface area contributed by atoms with E-state index < -0.39 is 0 Å². The molecular weight excluding hydrogens is 226 g/mol. The van der Waals surface area contributed by atoms with Gasteiger partial charge >= 0.3 is 0 Å². The van der Waals surface area contributed by atoms with Crippen LogP contribution in [0.25, 0.3) is 0 Å². The second kappa shape index (κ2) is 4.94. The number of pyridine rings is 1. The molecule has 0 aliphatic heterocycles. The molecule has 0 radical (unpaired) electrons. The summed E-state index contributed by atoms with van der Waals surface area (Å²) in [5.74, 6) is 0.821. The highest BCUT2D eigenvalue weighted by molar-refractivity contribution is 6.31. The van der Waals surface area contributed by atoms with Crippen molar-refractivity contribution < 1.29 is 0 Å². The van der Waals surface area contributed by atoms with E-state index in [4.69, 9.17) is 11.6 Å². The Bertz CT molecular complexity index is 454. The van der Waals surface area contributed by atoms with Gasteiger partial charge in [-0.25, -0.2) is 14.6 Å². The first-order valence-corrected chi connectivity index (χ1v) is 5.39. The summed E-state index contributed by atoms with van der Waals surface area (Å²) in [7, 11) is 0. The summed E-state index contributed by atoms with van der Waals surface area (Å²) < 4.78 is 1.68. The summed E-state index contributed by atoms with van der Waals surface area (Å²) >= 11 is 6.06. The molecule has 5 nitrogen and oxygen atoms in total. The highest BCUT2D eigenvalue weighted by Gasteiger charge is 2.05. The van der Waals surface area contributed by atoms with Gasteiger partial charge in [-0.3, -0.25) is 0 Å². The Morgan fingerprint density at radius 2 is 2.31 bits per heavy atom. The van der Waals surface area contributed by atoms with Crippen LogP contribution in [0.15, 0.2) is 24.8 Å². The zero-order valence-electron chi connectivity index (χ0n) is 8.89. The first kappa shape index (κ1) is 10.9. The molecule has 16 heavy (non-hydrogen) atoms. The third-order valence-electron chi connectivity index (χ3n) is 2.05. The van der Waals surface area contributed by atoms with Crippen molar-refractivity contribution in [3.63, 3.8) is 0 Å². The normalized spacial score (nSPS) is 10.4. The largest absolute Gasteiger partial charge is 0.370 e. The van der Waals surface area contributed by atoms with E-state index in [-0.39, 0.29) is 0 Å². The molecule has 0 bridgehead atoms. The quantitative estimate of drug-likeness (QED) is 0.881. The van der Waals surface area contributed by atoms with Crippen molar-refractivity contribution in [2.24, 2.45) is 0 Å². The van der Waals surface area contributed by atoms with Crippen LogP contribution >= 0.6 is 11.6 Å². The average molecular weight is 238 g/mol. The van der Waals surface area contributed by atoms with Gasteiger partial charge < -0.3 is 5.32 Å². The van der Waals surface area contributed by atoms with Gasteiger partial charge in [-0.1, -0.05) is 11.6 Å². The third-order valence-corrected chi connectivity index (χ3v) is 2.40. The minimum atomic E-state index is 0.526. The van der Waals surface area contributed by atoms with Gasteiger partial charge in [-0.15, -0.1) is 0 Å². The predicted octanol–water partition coefficient (Wildman–Crippen LogP) is 1.81. The molecule has 0 aliphatic rings. The van der Waals surface area contributed by atoms with Crippen LogP contribution in [0.5, 0.6) is 0 Å². The molecule has 1 N–H and O–H groups in total. The fourth-order valence-electron chi connectivity index (χ4n) is 1.34. The van der Waals surface area contributed by atoms with E-state index >= 15 is 0 Å². The number of hydrogen-bond donors (Lipinski definition) is 1. The minimum absolute atomic E-state index is 0.526. The Labute approximate surface area is 98.5 Å². The van der Waals surface area contributed by atoms with Crippen molar-refractivity contribution in [1.29, 1.82) is 0 Å². The first-order chi connectivity index (χ1) is 7.79. The Morgan fingerprint density at radius 1 is 1.44 bits per heavy atom. The molecular formula is C10H12ClN5. The fraction of sp³-hybridized carbons (Fsp3) is 0.300. The van der Waals surface area contributed by atoms with E-state index in [0.29, 0.717) is 11.6 Å². The standard InChI is InChI=1S/C10H12ClN5/c1-2-13-10-4-3-8(11)9(15-10)5-16-7-12-6-14-16/h3-4,6-7H,2,5H2,1H3,(H,13,15). The van der Waals surface area contributed by atoms with Gasteiger partial charge in [0, 0.05) is 6.54 Å². The molecule has 2 rings (SSSR count). The number of aromatic nitrogens is 4. The highest BCUT2D eigenvalue weighted by Crippen LogP contribution is 2.17. The van der Waals surface area contributed by atoms with E-state index in [1.54, 1.807) is 11.0 Å². The lowest BCUT2D eigenvalue weighted by molar-refractivity contribution is 0.671. The molecule has 0 unspecified atom stereocenters. The number of halogens is 1. The zero-order valence-corrected chi connectivity index (χ0v) is 9.65. The molecule has 0 amide bonds. The molecule has 0 saturated heterocycles. The van der Waals surface area contributed by atoms with Crippen LogP contribution in [-0.4, -0.2) is 26.3 Å². The maximum atomic E-state index is 6.06. The molecule has 2 aromatic rings. The second-order valence-corrected chi connectivity index (χ2v) is 3.66. The maximum Gasteiger partial charge on any atom is 0.137 e. The van der Waals surface area contributed by atoms with Crippen LogP contribution < -0.4 is 5.32 Å². The lowest BCUT2D eigenvalue weighted by Gasteiger charge is -2.07. The summed E-state index contributed by atoms with van der Waals surface area (Å²) in [5.41, 5.74) is 0.783. The van der Waals surface area contributed by atoms with Gasteiger partial charge in [-0.2, -0.15) is 5.10 Å². The van der Waals surface area contributed by atoms with Crippen molar-refractivity contribution in [3.8, 4) is 0 Å². The summed E-state index contributed by atoms with van der Waals surface area (Å²) in [6.45, 7) is 3.38. The summed E-state index contributed by atoms with van der Waals surface area (Å²) in [5, 5.41) is 7.79. The molecule has 0 saturated carbocycles. The summed E-state index contributed by atoms with van der Waals surface area (Å²) in [6.07, 6.45) is 3.12. The van der Waals surface area contributed by atoms with E-state index in [1.807, 2.05) is 19.1 Å². The number of rotatable bonds is 4. The van der Waals surface area contributed by atoms with Crippen molar-refractivity contribution in [2.75, 3.05) is 11.9 Å². The highest BCUT2D eigenvalue weighted by atomic mass is 35.5. The lowest BCUT2D eigenvalue weighted by atomic mass is 10.3. The van der Waals surface area contributed by atoms with Crippen LogP contribution in [0.1, 0.15) is 12.6 Å². The van der Waals surface area contributed by atoms with Crippen LogP contribution in [0, 0.1) is 0 Å². The molecule has 0 aromatic carbocycles. The molecule has 0 spiro atoms. The van der Waals surface area contributed by atoms with Crippen molar-refractivity contribution in [2.45, 2.75) is 13.5 Å². The fourth-order valence-corrected chi connectivity index (χ4v) is 1.51. The summed E-state index contributed by atoms with van der Waals surface area (Å²) in [6, 6.07) is 3.69. The van der Waals surface area contributed by atoms with Crippen LogP contribution in [0.2, 0.25) is 5.02 Å². The maximum absolute atomic E-state index is 6.06. The van der Waals surface area contributed by atoms with E-state index in [2.05, 4.69) is 20.4 Å². The summed E-state index contributed by atoms with van der Waals surface area (Å²) in [4.78, 5) is 8.28. The van der Waals surface area contributed by atoms with Crippen molar-refractivity contribution in [1.82, 2.24) is 19.7 Å². The van der Waals surface area contributed by atoms with Gasteiger partial charge in [0.05, 0.1) is 17.3 Å². The second-order valence-electron chi connectivity index (χ2n) is 3.25. The third kappa shape index (κ3) is 2.49. The molecule has 0 atom stereocenters. The van der Waals surface area contributed by atoms with E-state index in [1.165, 1.54) is 6.33 Å². The molecule has 2 heterocycles. The molecule has 0 aliphatic carbocycles. The van der Waals surface area contributed by atoms with Crippen LogP contribution in [0.3, 0.4) is 0 Å². The monoisotopic (exact) mass is 237 g/mol. The van der Waals surface area contributed by atoms with Crippen molar-refractivity contribution in [3.05, 3.63) is 35.5 Å². The number of nitrogens with zero attached hydrogens (tertiary/aromatic N) is 4. The van der Waals surface area contributed by atoms with Crippen LogP contribution in [-0.2, 0) is 6.54 Å². The number of anilines is 1. The van der Waals surface area contributed by atoms with E-state index in [0.717, 1.165) is 18.1 Å². The smallest absolute Gasteiger partial charge is 0.137 e. The molecule has 0 fully saturated rings. The van der Waals surface area contributed by atoms with E-state index in [9.17, 15) is 0 Å². The predicted molar refractivity (Wildman–Crippen MR) is 62.5 cm³/mol. The van der Waals surface area contributed by atoms with Gasteiger partial charge in [0.2, 0.25) is 0 Å².